The van der Waals surface area contributed by atoms with Gasteiger partial charge in [-0.25, -0.2) is 4.98 Å². The van der Waals surface area contributed by atoms with Gasteiger partial charge >= 0.3 is 16.3 Å². The lowest BCUT2D eigenvalue weighted by molar-refractivity contribution is -0.162. The maximum Gasteiger partial charge on any atom is 0.357 e. The maximum absolute atomic E-state index is 12.8. The second-order valence-corrected chi connectivity index (χ2v) is 9.98. The molecule has 0 aliphatic carbocycles. The van der Waals surface area contributed by atoms with Gasteiger partial charge < -0.3 is 10.5 Å². The van der Waals surface area contributed by atoms with E-state index < -0.39 is 39.6 Å². The fourth-order valence-electron chi connectivity index (χ4n) is 2.88. The first kappa shape index (κ1) is 24.8. The number of benzene rings is 1. The molecule has 1 radical (unpaired) electrons. The van der Waals surface area contributed by atoms with Gasteiger partial charge in [0.1, 0.15) is 11.5 Å². The highest BCUT2D eigenvalue weighted by Crippen LogP contribution is 2.33. The fourth-order valence-corrected chi connectivity index (χ4v) is 4.35. The molecule has 0 fully saturated rings. The topological polar surface area (TPSA) is 149 Å². The number of rotatable bonds is 9. The van der Waals surface area contributed by atoms with Crippen molar-refractivity contribution in [3.8, 4) is 0 Å². The first-order valence-electron chi connectivity index (χ1n) is 9.51. The van der Waals surface area contributed by atoms with Gasteiger partial charge in [-0.1, -0.05) is 13.0 Å². The zero-order valence-electron chi connectivity index (χ0n) is 17.7. The molecule has 0 bridgehead atoms. The molecule has 2 unspecified atom stereocenters. The highest BCUT2D eigenvalue weighted by Gasteiger charge is 2.39. The van der Waals surface area contributed by atoms with Crippen LogP contribution in [-0.2, 0) is 37.5 Å². The number of anilines is 1. The third kappa shape index (κ3) is 7.60. The fraction of sp³-hybridized carbons (Fsp3) is 0.450. The minimum absolute atomic E-state index is 0.115. The zero-order valence-corrected chi connectivity index (χ0v) is 19.3. The van der Waals surface area contributed by atoms with E-state index in [0.717, 1.165) is 5.69 Å². The number of ether oxygens (including phenoxy) is 1. The minimum Gasteiger partial charge on any atom is -0.459 e. The van der Waals surface area contributed by atoms with E-state index in [2.05, 4.69) is 11.1 Å². The van der Waals surface area contributed by atoms with Crippen LogP contribution in [0.1, 0.15) is 49.9 Å². The number of primary amides is 1. The molecule has 2 atom stereocenters. The van der Waals surface area contributed by atoms with Crippen LogP contribution in [0.5, 0.6) is 0 Å². The number of nitrogens with zero attached hydrogens (tertiary/aromatic N) is 1. The molecule has 1 aromatic carbocycles. The number of aromatic nitrogens is 1. The van der Waals surface area contributed by atoms with E-state index in [1.54, 1.807) is 26.8 Å². The summed E-state index contributed by atoms with van der Waals surface area (Å²) in [4.78, 5) is 29.7. The van der Waals surface area contributed by atoms with Crippen LogP contribution in [0.25, 0.3) is 0 Å². The smallest absolute Gasteiger partial charge is 0.357 e. The van der Waals surface area contributed by atoms with Crippen LogP contribution in [0.2, 0.25) is 0 Å². The molecule has 169 valence electrons. The lowest BCUT2D eigenvalue weighted by Gasteiger charge is -2.26. The van der Waals surface area contributed by atoms with Gasteiger partial charge in [-0.05, 0) is 57.4 Å². The predicted octanol–water partition coefficient (Wildman–Crippen LogP) is 2.49. The number of nitrogens with one attached hydrogen (secondary N) is 1. The molecule has 11 heteroatoms. The maximum atomic E-state index is 12.8. The van der Waals surface area contributed by atoms with Crippen molar-refractivity contribution in [2.45, 2.75) is 52.1 Å². The van der Waals surface area contributed by atoms with Gasteiger partial charge in [-0.3, -0.25) is 18.9 Å². The van der Waals surface area contributed by atoms with Crippen LogP contribution >= 0.6 is 11.3 Å². The first-order chi connectivity index (χ1) is 14.3. The van der Waals surface area contributed by atoms with Crippen molar-refractivity contribution in [3.63, 3.8) is 0 Å². The number of nitrogens with two attached hydrogens (primary N) is 1. The minimum atomic E-state index is -4.41. The van der Waals surface area contributed by atoms with Gasteiger partial charge in [-0.15, -0.1) is 11.3 Å². The molecule has 2 aromatic rings. The molecule has 1 amide bonds. The number of hydrogen-bond acceptors (Lipinski definition) is 7. The Bertz CT molecular complexity index is 1030. The lowest BCUT2D eigenvalue weighted by Crippen LogP contribution is -2.40. The number of thiazole rings is 1. The number of carbonyl (C=O) groups excluding carboxylic acids is 2. The van der Waals surface area contributed by atoms with Gasteiger partial charge in [0.05, 0.1) is 16.4 Å². The molecular weight excluding hydrogens is 442 g/mol. The van der Waals surface area contributed by atoms with Gasteiger partial charge in [0.2, 0.25) is 5.91 Å². The van der Waals surface area contributed by atoms with E-state index in [1.165, 1.54) is 23.5 Å². The summed E-state index contributed by atoms with van der Waals surface area (Å²) in [6.45, 7) is 7.05. The summed E-state index contributed by atoms with van der Waals surface area (Å²) in [6.07, 6.45) is 0.884. The van der Waals surface area contributed by atoms with E-state index >= 15 is 0 Å². The van der Waals surface area contributed by atoms with Crippen LogP contribution in [-0.4, -0.2) is 35.4 Å². The van der Waals surface area contributed by atoms with Crippen molar-refractivity contribution in [1.82, 2.24) is 4.98 Å². The van der Waals surface area contributed by atoms with E-state index in [-0.39, 0.29) is 12.1 Å². The monoisotopic (exact) mass is 468 g/mol. The Balaban J connectivity index is 2.40. The number of amides is 1. The lowest BCUT2D eigenvalue weighted by atomic mass is 9.86. The summed E-state index contributed by atoms with van der Waals surface area (Å²) < 4.78 is 38.2. The normalized spacial score (nSPS) is 14.0. The van der Waals surface area contributed by atoms with E-state index in [9.17, 15) is 18.0 Å². The van der Waals surface area contributed by atoms with E-state index in [4.69, 9.17) is 15.0 Å². The Morgan fingerprint density at radius 2 is 2.03 bits per heavy atom. The Labute approximate surface area is 185 Å². The molecule has 1 aromatic heterocycles. The van der Waals surface area contributed by atoms with Crippen molar-refractivity contribution >= 4 is 39.2 Å². The Hall–Kier alpha value is -2.50. The average molecular weight is 469 g/mol. The molecule has 1 heterocycles. The number of hydrogen-bond donors (Lipinski definition) is 3. The molecule has 4 N–H and O–H groups in total. The highest BCUT2D eigenvalue weighted by molar-refractivity contribution is 7.87. The molecular formula is C20H26N3O6S2. The van der Waals surface area contributed by atoms with Crippen molar-refractivity contribution in [3.05, 3.63) is 45.9 Å². The Morgan fingerprint density at radius 3 is 2.48 bits per heavy atom. The van der Waals surface area contributed by atoms with Gasteiger partial charge in [-0.2, -0.15) is 8.42 Å². The van der Waals surface area contributed by atoms with Crippen molar-refractivity contribution in [2.24, 2.45) is 11.7 Å². The third-order valence-electron chi connectivity index (χ3n) is 4.18. The second kappa shape index (κ2) is 9.75. The van der Waals surface area contributed by atoms with Gasteiger partial charge in [0.25, 0.3) is 0 Å². The molecule has 0 aliphatic heterocycles. The molecule has 9 nitrogen and oxygen atoms in total. The molecule has 0 saturated carbocycles. The molecule has 0 aliphatic rings. The number of carbonyl (C=O) groups is 2. The summed E-state index contributed by atoms with van der Waals surface area (Å²) in [5, 5.41) is 2.43. The largest absolute Gasteiger partial charge is 0.459 e. The Kier molecular flexibility index (Phi) is 7.79. The van der Waals surface area contributed by atoms with E-state index in [0.29, 0.717) is 17.0 Å². The highest BCUT2D eigenvalue weighted by atomic mass is 32.2. The second-order valence-electron chi connectivity index (χ2n) is 7.93. The van der Waals surface area contributed by atoms with Crippen LogP contribution in [0, 0.1) is 12.0 Å². The van der Waals surface area contributed by atoms with Gasteiger partial charge in [0.15, 0.2) is 0 Å². The summed E-state index contributed by atoms with van der Waals surface area (Å²) in [7, 11) is -4.41. The summed E-state index contributed by atoms with van der Waals surface area (Å²) in [5.41, 5.74) is 6.33. The van der Waals surface area contributed by atoms with Crippen molar-refractivity contribution < 1.29 is 27.3 Å². The van der Waals surface area contributed by atoms with Crippen LogP contribution in [0.15, 0.2) is 23.6 Å². The van der Waals surface area contributed by atoms with Crippen molar-refractivity contribution in [1.29, 1.82) is 0 Å². The Morgan fingerprint density at radius 1 is 1.35 bits per heavy atom. The molecule has 2 rings (SSSR count). The SMILES string of the molecule is CCc1csc(C(Cc2[c]cc(NS(=O)(=O)O)cc2)C(C(N)=O)C(=O)OC(C)(C)C)n1. The third-order valence-corrected chi connectivity index (χ3v) is 5.70. The molecule has 0 saturated heterocycles. The quantitative estimate of drug-likeness (QED) is 0.291. The van der Waals surface area contributed by atoms with Crippen LogP contribution in [0.3, 0.4) is 0 Å². The average Bonchev–Trinajstić information content (AvgIpc) is 3.08. The summed E-state index contributed by atoms with van der Waals surface area (Å²) in [6, 6.07) is 7.24. The molecule has 31 heavy (non-hydrogen) atoms. The first-order valence-corrected chi connectivity index (χ1v) is 11.8. The number of aryl methyl sites for hydroxylation is 1. The predicted molar refractivity (Wildman–Crippen MR) is 117 cm³/mol. The molecule has 0 spiro atoms. The van der Waals surface area contributed by atoms with Crippen molar-refractivity contribution in [2.75, 3.05) is 4.72 Å². The van der Waals surface area contributed by atoms with Gasteiger partial charge in [0, 0.05) is 11.3 Å². The zero-order chi connectivity index (χ0) is 23.4. The summed E-state index contributed by atoms with van der Waals surface area (Å²) in [5.74, 6) is -3.51. The van der Waals surface area contributed by atoms with E-state index in [1.807, 2.05) is 17.0 Å². The summed E-state index contributed by atoms with van der Waals surface area (Å²) >= 11 is 1.33. The van der Waals surface area contributed by atoms with Crippen LogP contribution in [0.4, 0.5) is 5.69 Å². The number of esters is 1. The standard InChI is InChI=1S/C20H26N3O6S2/c1-5-13-11-30-18(22-13)15(16(17(21)24)19(25)29-20(2,3)4)10-12-6-8-14(9-7-12)23-31(26,27)28/h6,8-9,11,15-16,23H,5,10H2,1-4H3,(H2,21,24)(H,26,27,28). The van der Waals surface area contributed by atoms with Crippen LogP contribution < -0.4 is 10.5 Å².